The number of pyridine rings is 1. The molecule has 0 aliphatic rings. The van der Waals surface area contributed by atoms with E-state index in [2.05, 4.69) is 15.0 Å². The molecule has 0 atom stereocenters. The van der Waals surface area contributed by atoms with Crippen LogP contribution in [0.3, 0.4) is 0 Å². The molecule has 18 heavy (non-hydrogen) atoms. The Morgan fingerprint density at radius 1 is 1.11 bits per heavy atom. The first-order valence-corrected chi connectivity index (χ1v) is 5.90. The predicted octanol–water partition coefficient (Wildman–Crippen LogP) is 1.01. The molecular formula is C13H17N5. The van der Waals surface area contributed by atoms with Crippen molar-refractivity contribution in [2.75, 3.05) is 18.5 Å². The zero-order valence-electron chi connectivity index (χ0n) is 10.5. The molecule has 0 aliphatic carbocycles. The number of nitrogens with two attached hydrogens (primary N) is 1. The van der Waals surface area contributed by atoms with Crippen LogP contribution < -0.4 is 10.6 Å². The molecule has 2 aromatic rings. The minimum absolute atomic E-state index is 0.621. The minimum atomic E-state index is 0.621. The van der Waals surface area contributed by atoms with Crippen LogP contribution in [0.5, 0.6) is 0 Å². The van der Waals surface area contributed by atoms with Crippen LogP contribution in [-0.4, -0.2) is 28.5 Å². The Bertz CT molecular complexity index is 469. The van der Waals surface area contributed by atoms with Crippen molar-refractivity contribution in [3.63, 3.8) is 0 Å². The van der Waals surface area contributed by atoms with Crippen LogP contribution in [0.2, 0.25) is 0 Å². The smallest absolute Gasteiger partial charge is 0.225 e. The quantitative estimate of drug-likeness (QED) is 0.848. The highest BCUT2D eigenvalue weighted by Gasteiger charge is 2.04. The standard InChI is InChI=1S/C13H17N5/c1-18(10-11-3-6-15-7-4-11)13-16-8-12(2-5-14)9-17-13/h3-4,6-9H,2,5,10,14H2,1H3. The lowest BCUT2D eigenvalue weighted by Crippen LogP contribution is -2.19. The average Bonchev–Trinajstić information content (AvgIpc) is 2.41. The van der Waals surface area contributed by atoms with E-state index in [1.807, 2.05) is 36.5 Å². The highest BCUT2D eigenvalue weighted by atomic mass is 15.2. The number of aromatic nitrogens is 3. The summed E-state index contributed by atoms with van der Waals surface area (Å²) in [6, 6.07) is 3.97. The van der Waals surface area contributed by atoms with Crippen molar-refractivity contribution in [3.05, 3.63) is 48.0 Å². The van der Waals surface area contributed by atoms with Gasteiger partial charge in [-0.25, -0.2) is 9.97 Å². The van der Waals surface area contributed by atoms with E-state index in [9.17, 15) is 0 Å². The molecule has 0 saturated heterocycles. The zero-order valence-corrected chi connectivity index (χ0v) is 10.5. The van der Waals surface area contributed by atoms with Crippen molar-refractivity contribution >= 4 is 5.95 Å². The summed E-state index contributed by atoms with van der Waals surface area (Å²) in [5.74, 6) is 0.715. The molecule has 5 heteroatoms. The summed E-state index contributed by atoms with van der Waals surface area (Å²) < 4.78 is 0. The maximum Gasteiger partial charge on any atom is 0.225 e. The lowest BCUT2D eigenvalue weighted by Gasteiger charge is -2.16. The second-order valence-electron chi connectivity index (χ2n) is 4.14. The molecular weight excluding hydrogens is 226 g/mol. The molecule has 2 heterocycles. The topological polar surface area (TPSA) is 67.9 Å². The van der Waals surface area contributed by atoms with Crippen molar-refractivity contribution in [2.45, 2.75) is 13.0 Å². The highest BCUT2D eigenvalue weighted by molar-refractivity contribution is 5.30. The molecule has 2 rings (SSSR count). The highest BCUT2D eigenvalue weighted by Crippen LogP contribution is 2.09. The summed E-state index contributed by atoms with van der Waals surface area (Å²) in [6.45, 7) is 1.38. The lowest BCUT2D eigenvalue weighted by molar-refractivity contribution is 0.852. The third kappa shape index (κ3) is 3.24. The number of rotatable bonds is 5. The van der Waals surface area contributed by atoms with Gasteiger partial charge in [-0.15, -0.1) is 0 Å². The predicted molar refractivity (Wildman–Crippen MR) is 71.1 cm³/mol. The third-order valence-corrected chi connectivity index (χ3v) is 2.64. The first-order chi connectivity index (χ1) is 8.79. The van der Waals surface area contributed by atoms with Crippen LogP contribution in [-0.2, 0) is 13.0 Å². The SMILES string of the molecule is CN(Cc1ccncc1)c1ncc(CCN)cn1. The van der Waals surface area contributed by atoms with Crippen molar-refractivity contribution in [2.24, 2.45) is 5.73 Å². The summed E-state index contributed by atoms with van der Waals surface area (Å²) in [7, 11) is 1.97. The van der Waals surface area contributed by atoms with Gasteiger partial charge in [0, 0.05) is 38.4 Å². The van der Waals surface area contributed by atoms with E-state index in [0.717, 1.165) is 18.5 Å². The summed E-state index contributed by atoms with van der Waals surface area (Å²) in [6.07, 6.45) is 8.05. The monoisotopic (exact) mass is 243 g/mol. The zero-order chi connectivity index (χ0) is 12.8. The Hall–Kier alpha value is -2.01. The molecule has 0 radical (unpaired) electrons. The molecule has 0 spiro atoms. The van der Waals surface area contributed by atoms with Gasteiger partial charge in [-0.3, -0.25) is 4.98 Å². The molecule has 5 nitrogen and oxygen atoms in total. The Labute approximate surface area is 107 Å². The summed E-state index contributed by atoms with van der Waals surface area (Å²) in [4.78, 5) is 14.7. The van der Waals surface area contributed by atoms with Crippen LogP contribution in [0.4, 0.5) is 5.95 Å². The number of anilines is 1. The fourth-order valence-corrected chi connectivity index (χ4v) is 1.67. The fourth-order valence-electron chi connectivity index (χ4n) is 1.67. The second kappa shape index (κ2) is 6.07. The van der Waals surface area contributed by atoms with Crippen LogP contribution in [0.1, 0.15) is 11.1 Å². The molecule has 0 fully saturated rings. The Kier molecular flexibility index (Phi) is 4.20. The molecule has 0 amide bonds. The van der Waals surface area contributed by atoms with Crippen LogP contribution in [0.15, 0.2) is 36.9 Å². The maximum atomic E-state index is 5.49. The number of nitrogens with zero attached hydrogens (tertiary/aromatic N) is 4. The van der Waals surface area contributed by atoms with Gasteiger partial charge in [0.2, 0.25) is 5.95 Å². The van der Waals surface area contributed by atoms with Gasteiger partial charge in [-0.05, 0) is 36.2 Å². The molecule has 94 valence electrons. The van der Waals surface area contributed by atoms with Crippen LogP contribution >= 0.6 is 0 Å². The number of hydrogen-bond acceptors (Lipinski definition) is 5. The van der Waals surface area contributed by atoms with Crippen molar-refractivity contribution in [1.82, 2.24) is 15.0 Å². The molecule has 2 aromatic heterocycles. The first-order valence-electron chi connectivity index (χ1n) is 5.90. The van der Waals surface area contributed by atoms with Crippen LogP contribution in [0, 0.1) is 0 Å². The van der Waals surface area contributed by atoms with E-state index >= 15 is 0 Å². The Morgan fingerprint density at radius 3 is 2.39 bits per heavy atom. The summed E-state index contributed by atoms with van der Waals surface area (Å²) >= 11 is 0. The van der Waals surface area contributed by atoms with E-state index in [0.29, 0.717) is 12.5 Å². The normalized spacial score (nSPS) is 10.3. The molecule has 0 bridgehead atoms. The fraction of sp³-hybridized carbons (Fsp3) is 0.308. The van der Waals surface area contributed by atoms with Crippen LogP contribution in [0.25, 0.3) is 0 Å². The Morgan fingerprint density at radius 2 is 1.78 bits per heavy atom. The van der Waals surface area contributed by atoms with Gasteiger partial charge in [-0.2, -0.15) is 0 Å². The molecule has 0 saturated carbocycles. The Balaban J connectivity index is 2.02. The molecule has 0 unspecified atom stereocenters. The molecule has 0 aromatic carbocycles. The maximum absolute atomic E-state index is 5.49. The van der Waals surface area contributed by atoms with E-state index in [1.54, 1.807) is 12.4 Å². The summed E-state index contributed by atoms with van der Waals surface area (Å²) in [5, 5.41) is 0. The van der Waals surface area contributed by atoms with Gasteiger partial charge in [0.15, 0.2) is 0 Å². The molecule has 0 aliphatic heterocycles. The summed E-state index contributed by atoms with van der Waals surface area (Å²) in [5.41, 5.74) is 7.74. The van der Waals surface area contributed by atoms with Gasteiger partial charge in [-0.1, -0.05) is 0 Å². The van der Waals surface area contributed by atoms with Gasteiger partial charge >= 0.3 is 0 Å². The van der Waals surface area contributed by atoms with Gasteiger partial charge < -0.3 is 10.6 Å². The van der Waals surface area contributed by atoms with Gasteiger partial charge in [0.1, 0.15) is 0 Å². The van der Waals surface area contributed by atoms with Gasteiger partial charge in [0.25, 0.3) is 0 Å². The van der Waals surface area contributed by atoms with Gasteiger partial charge in [0.05, 0.1) is 0 Å². The van der Waals surface area contributed by atoms with Crippen molar-refractivity contribution in [3.8, 4) is 0 Å². The minimum Gasteiger partial charge on any atom is -0.340 e. The van der Waals surface area contributed by atoms with Crippen molar-refractivity contribution < 1.29 is 0 Å². The van der Waals surface area contributed by atoms with E-state index in [-0.39, 0.29) is 0 Å². The molecule has 2 N–H and O–H groups in total. The van der Waals surface area contributed by atoms with E-state index < -0.39 is 0 Å². The average molecular weight is 243 g/mol. The van der Waals surface area contributed by atoms with Crippen molar-refractivity contribution in [1.29, 1.82) is 0 Å². The second-order valence-corrected chi connectivity index (χ2v) is 4.14. The lowest BCUT2D eigenvalue weighted by atomic mass is 10.2. The largest absolute Gasteiger partial charge is 0.340 e. The third-order valence-electron chi connectivity index (χ3n) is 2.64. The van der Waals surface area contributed by atoms with E-state index in [1.165, 1.54) is 5.56 Å². The van der Waals surface area contributed by atoms with E-state index in [4.69, 9.17) is 5.73 Å². The number of hydrogen-bond donors (Lipinski definition) is 1. The first kappa shape index (κ1) is 12.4.